The average molecular weight is 209 g/mol. The number of rotatable bonds is 1. The Balaban J connectivity index is 2.03. The number of ketones is 1. The Hall–Kier alpha value is -0.830. The Labute approximate surface area is 91.1 Å². The van der Waals surface area contributed by atoms with Gasteiger partial charge < -0.3 is 9.64 Å². The van der Waals surface area contributed by atoms with Crippen molar-refractivity contribution in [1.29, 1.82) is 0 Å². The Kier molecular flexibility index (Phi) is 3.10. The number of hydrogen-bond donors (Lipinski definition) is 0. The van der Waals surface area contributed by atoms with Crippen LogP contribution < -0.4 is 0 Å². The third-order valence-corrected chi connectivity index (χ3v) is 3.11. The van der Waals surface area contributed by atoms with Crippen LogP contribution in [0.3, 0.4) is 0 Å². The fourth-order valence-electron chi connectivity index (χ4n) is 2.34. The highest BCUT2D eigenvalue weighted by molar-refractivity contribution is 5.92. The normalized spacial score (nSPS) is 32.8. The number of allylic oxidation sites excluding steroid dienone is 2. The van der Waals surface area contributed by atoms with E-state index < -0.39 is 0 Å². The molecule has 0 radical (unpaired) electrons. The highest BCUT2D eigenvalue weighted by Gasteiger charge is 2.23. The summed E-state index contributed by atoms with van der Waals surface area (Å²) in [6.07, 6.45) is 5.07. The summed E-state index contributed by atoms with van der Waals surface area (Å²) in [6, 6.07) is 0. The van der Waals surface area contributed by atoms with E-state index in [1.807, 2.05) is 6.08 Å². The van der Waals surface area contributed by atoms with Gasteiger partial charge >= 0.3 is 0 Å². The molecule has 1 fully saturated rings. The number of carbonyl (C=O) groups is 1. The summed E-state index contributed by atoms with van der Waals surface area (Å²) in [7, 11) is 0. The summed E-state index contributed by atoms with van der Waals surface area (Å²) in [5.74, 6) is 0.274. The Morgan fingerprint density at radius 3 is 2.80 bits per heavy atom. The van der Waals surface area contributed by atoms with E-state index in [1.165, 1.54) is 5.70 Å². The molecule has 0 aromatic rings. The molecule has 0 spiro atoms. The van der Waals surface area contributed by atoms with Crippen molar-refractivity contribution in [3.05, 3.63) is 11.8 Å². The molecule has 2 aliphatic rings. The average Bonchev–Trinajstić information content (AvgIpc) is 2.51. The molecule has 3 nitrogen and oxygen atoms in total. The molecule has 2 atom stereocenters. The van der Waals surface area contributed by atoms with Crippen LogP contribution in [-0.4, -0.2) is 36.0 Å². The Morgan fingerprint density at radius 1 is 1.33 bits per heavy atom. The van der Waals surface area contributed by atoms with Crippen LogP contribution in [0.15, 0.2) is 11.8 Å². The molecule has 1 aliphatic carbocycles. The van der Waals surface area contributed by atoms with Crippen LogP contribution in [0.5, 0.6) is 0 Å². The molecule has 0 N–H and O–H groups in total. The topological polar surface area (TPSA) is 29.5 Å². The highest BCUT2D eigenvalue weighted by Crippen LogP contribution is 2.22. The van der Waals surface area contributed by atoms with Crippen LogP contribution in [0.2, 0.25) is 0 Å². The van der Waals surface area contributed by atoms with Crippen molar-refractivity contribution in [3.63, 3.8) is 0 Å². The quantitative estimate of drug-likeness (QED) is 0.658. The predicted octanol–water partition coefficient (Wildman–Crippen LogP) is 1.73. The first-order valence-corrected chi connectivity index (χ1v) is 5.79. The molecule has 0 aromatic heterocycles. The van der Waals surface area contributed by atoms with E-state index in [0.717, 1.165) is 25.9 Å². The molecule has 2 rings (SSSR count). The molecule has 0 aromatic carbocycles. The SMILES string of the molecule is CC1CCN(C2=CC(=O)CC2)CC(C)O1. The first kappa shape index (κ1) is 10.7. The van der Waals surface area contributed by atoms with E-state index in [9.17, 15) is 4.79 Å². The van der Waals surface area contributed by atoms with Crippen molar-refractivity contribution >= 4 is 5.78 Å². The van der Waals surface area contributed by atoms with Gasteiger partial charge in [0.05, 0.1) is 12.2 Å². The zero-order valence-electron chi connectivity index (χ0n) is 9.53. The lowest BCUT2D eigenvalue weighted by Gasteiger charge is -2.25. The maximum Gasteiger partial charge on any atom is 0.157 e. The van der Waals surface area contributed by atoms with Crippen molar-refractivity contribution in [2.75, 3.05) is 13.1 Å². The van der Waals surface area contributed by atoms with Crippen LogP contribution in [0.1, 0.15) is 33.1 Å². The summed E-state index contributed by atoms with van der Waals surface area (Å²) in [5, 5.41) is 0. The lowest BCUT2D eigenvalue weighted by molar-refractivity contribution is -0.114. The van der Waals surface area contributed by atoms with Gasteiger partial charge in [0.25, 0.3) is 0 Å². The maximum absolute atomic E-state index is 11.2. The first-order chi connectivity index (χ1) is 7.15. The molecule has 0 saturated carbocycles. The van der Waals surface area contributed by atoms with Crippen molar-refractivity contribution in [1.82, 2.24) is 4.90 Å². The molecule has 1 aliphatic heterocycles. The highest BCUT2D eigenvalue weighted by atomic mass is 16.5. The van der Waals surface area contributed by atoms with Crippen LogP contribution in [0.25, 0.3) is 0 Å². The molecule has 2 unspecified atom stereocenters. The minimum Gasteiger partial charge on any atom is -0.374 e. The van der Waals surface area contributed by atoms with Crippen molar-refractivity contribution < 1.29 is 9.53 Å². The van der Waals surface area contributed by atoms with Crippen LogP contribution >= 0.6 is 0 Å². The number of carbonyl (C=O) groups excluding carboxylic acids is 1. The van der Waals surface area contributed by atoms with Gasteiger partial charge in [-0.25, -0.2) is 0 Å². The van der Waals surface area contributed by atoms with E-state index in [0.29, 0.717) is 12.5 Å². The van der Waals surface area contributed by atoms with Gasteiger partial charge in [-0.15, -0.1) is 0 Å². The fraction of sp³-hybridized carbons (Fsp3) is 0.750. The predicted molar refractivity (Wildman–Crippen MR) is 58.5 cm³/mol. The van der Waals surface area contributed by atoms with Gasteiger partial charge in [-0.05, 0) is 26.7 Å². The molecule has 15 heavy (non-hydrogen) atoms. The minimum absolute atomic E-state index is 0.263. The molecule has 0 amide bonds. The summed E-state index contributed by atoms with van der Waals surface area (Å²) in [5.41, 5.74) is 1.21. The standard InChI is InChI=1S/C12H19NO2/c1-9-5-6-13(8-10(2)15-9)11-3-4-12(14)7-11/h7,9-10H,3-6,8H2,1-2H3. The molecule has 0 bridgehead atoms. The molecule has 1 saturated heterocycles. The monoisotopic (exact) mass is 209 g/mol. The largest absolute Gasteiger partial charge is 0.374 e. The third kappa shape index (κ3) is 2.59. The molecular formula is C12H19NO2. The second kappa shape index (κ2) is 4.35. The summed E-state index contributed by atoms with van der Waals surface area (Å²) in [6.45, 7) is 6.16. The maximum atomic E-state index is 11.2. The van der Waals surface area contributed by atoms with Gasteiger partial charge in [-0.2, -0.15) is 0 Å². The Bertz CT molecular complexity index is 285. The Morgan fingerprint density at radius 2 is 2.13 bits per heavy atom. The van der Waals surface area contributed by atoms with Crippen molar-refractivity contribution in [3.8, 4) is 0 Å². The fourth-order valence-corrected chi connectivity index (χ4v) is 2.34. The van der Waals surface area contributed by atoms with Crippen molar-refractivity contribution in [2.45, 2.75) is 45.3 Å². The lowest BCUT2D eigenvalue weighted by atomic mass is 10.2. The molecule has 84 valence electrons. The van der Waals surface area contributed by atoms with Crippen LogP contribution in [0.4, 0.5) is 0 Å². The van der Waals surface area contributed by atoms with E-state index in [2.05, 4.69) is 18.7 Å². The number of hydrogen-bond acceptors (Lipinski definition) is 3. The van der Waals surface area contributed by atoms with Gasteiger partial charge in [-0.3, -0.25) is 4.79 Å². The second-order valence-corrected chi connectivity index (χ2v) is 4.59. The van der Waals surface area contributed by atoms with Gasteiger partial charge in [0.1, 0.15) is 0 Å². The third-order valence-electron chi connectivity index (χ3n) is 3.11. The van der Waals surface area contributed by atoms with E-state index >= 15 is 0 Å². The lowest BCUT2D eigenvalue weighted by Crippen LogP contribution is -2.29. The first-order valence-electron chi connectivity index (χ1n) is 5.79. The van der Waals surface area contributed by atoms with E-state index in [-0.39, 0.29) is 11.9 Å². The number of nitrogens with zero attached hydrogens (tertiary/aromatic N) is 1. The minimum atomic E-state index is 0.263. The van der Waals surface area contributed by atoms with Gasteiger partial charge in [0.15, 0.2) is 5.78 Å². The molecular weight excluding hydrogens is 190 g/mol. The van der Waals surface area contributed by atoms with E-state index in [1.54, 1.807) is 0 Å². The summed E-state index contributed by atoms with van der Waals surface area (Å²) >= 11 is 0. The molecule has 3 heteroatoms. The smallest absolute Gasteiger partial charge is 0.157 e. The summed E-state index contributed by atoms with van der Waals surface area (Å²) in [4.78, 5) is 13.5. The summed E-state index contributed by atoms with van der Waals surface area (Å²) < 4.78 is 5.77. The van der Waals surface area contributed by atoms with Crippen LogP contribution in [-0.2, 0) is 9.53 Å². The zero-order chi connectivity index (χ0) is 10.8. The van der Waals surface area contributed by atoms with Crippen LogP contribution in [0, 0.1) is 0 Å². The van der Waals surface area contributed by atoms with Gasteiger partial charge in [-0.1, -0.05) is 0 Å². The van der Waals surface area contributed by atoms with Gasteiger partial charge in [0, 0.05) is 31.3 Å². The number of ether oxygens (including phenoxy) is 1. The van der Waals surface area contributed by atoms with Crippen molar-refractivity contribution in [2.24, 2.45) is 0 Å². The zero-order valence-corrected chi connectivity index (χ0v) is 9.53. The second-order valence-electron chi connectivity index (χ2n) is 4.59. The molecule has 1 heterocycles. The van der Waals surface area contributed by atoms with E-state index in [4.69, 9.17) is 4.74 Å². The van der Waals surface area contributed by atoms with Gasteiger partial charge in [0.2, 0.25) is 0 Å².